The van der Waals surface area contributed by atoms with E-state index in [-0.39, 0.29) is 0 Å². The lowest BCUT2D eigenvalue weighted by Gasteiger charge is -2.28. The number of hydrogen-bond acceptors (Lipinski definition) is 2. The summed E-state index contributed by atoms with van der Waals surface area (Å²) < 4.78 is 0.547. The van der Waals surface area contributed by atoms with E-state index in [9.17, 15) is 14.7 Å². The highest BCUT2D eigenvalue weighted by atomic mass is 79.9. The molecular weight excluding hydrogens is 348 g/mol. The van der Waals surface area contributed by atoms with Crippen LogP contribution in [0.3, 0.4) is 0 Å². The van der Waals surface area contributed by atoms with E-state index in [4.69, 9.17) is 11.6 Å². The maximum atomic E-state index is 12.0. The fourth-order valence-electron chi connectivity index (χ4n) is 1.75. The number of hydrogen-bond donors (Lipinski definition) is 3. The highest BCUT2D eigenvalue weighted by molar-refractivity contribution is 9.10. The van der Waals surface area contributed by atoms with Crippen LogP contribution in [0.25, 0.3) is 0 Å². The number of rotatable bonds is 5. The van der Waals surface area contributed by atoms with Crippen LogP contribution >= 0.6 is 27.5 Å². The van der Waals surface area contributed by atoms with Gasteiger partial charge in [-0.2, -0.15) is 0 Å². The molecule has 0 bridgehead atoms. The zero-order chi connectivity index (χ0) is 15.3. The van der Waals surface area contributed by atoms with Crippen molar-refractivity contribution in [1.82, 2.24) is 5.32 Å². The zero-order valence-electron chi connectivity index (χ0n) is 11.2. The van der Waals surface area contributed by atoms with Gasteiger partial charge in [0.15, 0.2) is 0 Å². The minimum atomic E-state index is -1.27. The highest BCUT2D eigenvalue weighted by Gasteiger charge is 2.36. The molecule has 5 nitrogen and oxygen atoms in total. The Balaban J connectivity index is 2.86. The average molecular weight is 364 g/mol. The van der Waals surface area contributed by atoms with E-state index in [1.54, 1.807) is 32.0 Å². The maximum Gasteiger partial charge on any atom is 0.329 e. The smallest absolute Gasteiger partial charge is 0.329 e. The van der Waals surface area contributed by atoms with Crippen molar-refractivity contribution in [1.29, 1.82) is 0 Å². The van der Waals surface area contributed by atoms with Gasteiger partial charge in [0.2, 0.25) is 0 Å². The molecule has 1 aromatic carbocycles. The number of carbonyl (C=O) groups is 2. The number of carbonyl (C=O) groups excluding carboxylic acids is 1. The molecule has 0 saturated carbocycles. The van der Waals surface area contributed by atoms with E-state index in [2.05, 4.69) is 26.6 Å². The lowest BCUT2D eigenvalue weighted by Crippen LogP contribution is -2.55. The van der Waals surface area contributed by atoms with Crippen molar-refractivity contribution in [2.45, 2.75) is 32.2 Å². The lowest BCUT2D eigenvalue weighted by molar-refractivity contribution is -0.144. The topological polar surface area (TPSA) is 78.4 Å². The molecule has 0 atom stereocenters. The molecule has 0 spiro atoms. The third-order valence-electron chi connectivity index (χ3n) is 3.17. The Kier molecular flexibility index (Phi) is 5.83. The lowest BCUT2D eigenvalue weighted by atomic mass is 9.93. The standard InChI is InChI=1S/C13H16BrClN2O3/c1-3-13(4-2,11(18)19)17-12(20)16-9-7-5-6-8(15)10(9)14/h5-7H,3-4H2,1-2H3,(H,18,19)(H2,16,17,20). The summed E-state index contributed by atoms with van der Waals surface area (Å²) in [5.41, 5.74) is -0.795. The second kappa shape index (κ2) is 6.95. The summed E-state index contributed by atoms with van der Waals surface area (Å²) in [4.78, 5) is 23.3. The normalized spacial score (nSPS) is 11.0. The largest absolute Gasteiger partial charge is 0.480 e. The number of carboxylic acids is 1. The predicted molar refractivity (Wildman–Crippen MR) is 82.3 cm³/mol. The Bertz CT molecular complexity index is 518. The number of urea groups is 1. The van der Waals surface area contributed by atoms with Crippen molar-refractivity contribution in [3.8, 4) is 0 Å². The van der Waals surface area contributed by atoms with Gasteiger partial charge in [0.25, 0.3) is 0 Å². The number of nitrogens with one attached hydrogen (secondary N) is 2. The summed E-state index contributed by atoms with van der Waals surface area (Å²) in [6.45, 7) is 3.43. The van der Waals surface area contributed by atoms with Gasteiger partial charge in [0, 0.05) is 0 Å². The molecule has 1 rings (SSSR count). The van der Waals surface area contributed by atoms with E-state index >= 15 is 0 Å². The van der Waals surface area contributed by atoms with Gasteiger partial charge in [-0.25, -0.2) is 9.59 Å². The van der Waals surface area contributed by atoms with Gasteiger partial charge in [-0.1, -0.05) is 31.5 Å². The fourth-order valence-corrected chi connectivity index (χ4v) is 2.29. The second-order valence-corrected chi connectivity index (χ2v) is 5.48. The van der Waals surface area contributed by atoms with Crippen LogP contribution in [0.5, 0.6) is 0 Å². The Hall–Kier alpha value is -1.27. The number of benzene rings is 1. The summed E-state index contributed by atoms with van der Waals surface area (Å²) in [7, 11) is 0. The molecule has 0 aliphatic rings. The van der Waals surface area contributed by atoms with E-state index in [1.165, 1.54) is 0 Å². The molecule has 3 N–H and O–H groups in total. The third kappa shape index (κ3) is 3.64. The van der Waals surface area contributed by atoms with Crippen LogP contribution in [0.2, 0.25) is 5.02 Å². The van der Waals surface area contributed by atoms with Gasteiger partial charge in [-0.15, -0.1) is 0 Å². The SMILES string of the molecule is CCC(CC)(NC(=O)Nc1cccc(Cl)c1Br)C(=O)O. The zero-order valence-corrected chi connectivity index (χ0v) is 13.5. The van der Waals surface area contributed by atoms with Crippen LogP contribution in [0.15, 0.2) is 22.7 Å². The van der Waals surface area contributed by atoms with Crippen LogP contribution in [-0.2, 0) is 4.79 Å². The Labute approximate surface area is 130 Å². The number of carboxylic acid groups (broad SMARTS) is 1. The van der Waals surface area contributed by atoms with Crippen LogP contribution in [0, 0.1) is 0 Å². The quantitative estimate of drug-likeness (QED) is 0.743. The molecule has 2 amide bonds. The minimum Gasteiger partial charge on any atom is -0.480 e. The molecular formula is C13H16BrClN2O3. The van der Waals surface area contributed by atoms with Crippen LogP contribution < -0.4 is 10.6 Å². The van der Waals surface area contributed by atoms with Gasteiger partial charge < -0.3 is 15.7 Å². The van der Waals surface area contributed by atoms with Crippen molar-refractivity contribution in [2.24, 2.45) is 0 Å². The van der Waals surface area contributed by atoms with Gasteiger partial charge in [-0.05, 0) is 40.9 Å². The molecule has 0 aliphatic carbocycles. The molecule has 0 radical (unpaired) electrons. The summed E-state index contributed by atoms with van der Waals surface area (Å²) in [6, 6.07) is 4.44. The second-order valence-electron chi connectivity index (χ2n) is 4.27. The maximum absolute atomic E-state index is 12.0. The third-order valence-corrected chi connectivity index (χ3v) is 4.57. The Morgan fingerprint density at radius 3 is 2.45 bits per heavy atom. The Morgan fingerprint density at radius 2 is 1.95 bits per heavy atom. The van der Waals surface area contributed by atoms with Crippen LogP contribution in [0.4, 0.5) is 10.5 Å². The first-order chi connectivity index (χ1) is 9.36. The molecule has 110 valence electrons. The monoisotopic (exact) mass is 362 g/mol. The van der Waals surface area contributed by atoms with Gasteiger partial charge in [-0.3, -0.25) is 0 Å². The molecule has 7 heteroatoms. The van der Waals surface area contributed by atoms with Crippen molar-refractivity contribution in [2.75, 3.05) is 5.32 Å². The highest BCUT2D eigenvalue weighted by Crippen LogP contribution is 2.30. The van der Waals surface area contributed by atoms with Crippen molar-refractivity contribution in [3.05, 3.63) is 27.7 Å². The molecule has 0 saturated heterocycles. The van der Waals surface area contributed by atoms with Crippen LogP contribution in [-0.4, -0.2) is 22.6 Å². The minimum absolute atomic E-state index is 0.295. The van der Waals surface area contributed by atoms with Crippen molar-refractivity contribution in [3.63, 3.8) is 0 Å². The van der Waals surface area contributed by atoms with Crippen molar-refractivity contribution < 1.29 is 14.7 Å². The average Bonchev–Trinajstić information content (AvgIpc) is 2.41. The summed E-state index contributed by atoms with van der Waals surface area (Å²) in [6.07, 6.45) is 0.589. The summed E-state index contributed by atoms with van der Waals surface area (Å²) >= 11 is 9.18. The van der Waals surface area contributed by atoms with E-state index in [0.29, 0.717) is 28.0 Å². The first-order valence-corrected chi connectivity index (χ1v) is 7.30. The van der Waals surface area contributed by atoms with Gasteiger partial charge in [0.1, 0.15) is 5.54 Å². The molecule has 0 unspecified atom stereocenters. The first kappa shape index (κ1) is 16.8. The summed E-state index contributed by atoms with van der Waals surface area (Å²) in [5, 5.41) is 14.8. The number of aliphatic carboxylic acids is 1. The number of halogens is 2. The van der Waals surface area contributed by atoms with Crippen molar-refractivity contribution >= 4 is 45.2 Å². The van der Waals surface area contributed by atoms with Gasteiger partial charge >= 0.3 is 12.0 Å². The van der Waals surface area contributed by atoms with Crippen LogP contribution in [0.1, 0.15) is 26.7 Å². The molecule has 1 aromatic rings. The molecule has 0 aliphatic heterocycles. The molecule has 20 heavy (non-hydrogen) atoms. The van der Waals surface area contributed by atoms with E-state index < -0.39 is 17.5 Å². The number of anilines is 1. The summed E-state index contributed by atoms with van der Waals surface area (Å²) in [5.74, 6) is -1.05. The number of amides is 2. The fraction of sp³-hybridized carbons (Fsp3) is 0.385. The predicted octanol–water partition coefficient (Wildman–Crippen LogP) is 3.87. The van der Waals surface area contributed by atoms with E-state index in [0.717, 1.165) is 0 Å². The van der Waals surface area contributed by atoms with E-state index in [1.807, 2.05) is 0 Å². The first-order valence-electron chi connectivity index (χ1n) is 6.13. The molecule has 0 fully saturated rings. The Morgan fingerprint density at radius 1 is 1.35 bits per heavy atom. The van der Waals surface area contributed by atoms with Gasteiger partial charge in [0.05, 0.1) is 15.2 Å². The molecule has 0 heterocycles. The molecule has 0 aromatic heterocycles.